The molecule has 0 radical (unpaired) electrons. The zero-order valence-corrected chi connectivity index (χ0v) is 14.9. The predicted octanol–water partition coefficient (Wildman–Crippen LogP) is 3.12. The number of piperidine rings is 1. The number of carbonyl (C=O) groups is 1. The summed E-state index contributed by atoms with van der Waals surface area (Å²) in [5, 5.41) is 0. The molecule has 124 valence electrons. The molecule has 1 heterocycles. The molecule has 0 N–H and O–H groups in total. The fourth-order valence-corrected chi connectivity index (χ4v) is 4.26. The van der Waals surface area contributed by atoms with E-state index in [0.29, 0.717) is 0 Å². The van der Waals surface area contributed by atoms with Crippen molar-refractivity contribution >= 4 is 17.7 Å². The van der Waals surface area contributed by atoms with Crippen LogP contribution in [-0.2, 0) is 11.3 Å². The van der Waals surface area contributed by atoms with Gasteiger partial charge in [0.05, 0.1) is 0 Å². The minimum absolute atomic E-state index is 0.229. The van der Waals surface area contributed by atoms with Gasteiger partial charge in [-0.1, -0.05) is 18.2 Å². The molecule has 1 aliphatic carbocycles. The summed E-state index contributed by atoms with van der Waals surface area (Å²) in [6.07, 6.45) is 4.10. The Morgan fingerprint density at radius 2 is 2.00 bits per heavy atom. The number of thioether (sulfide) groups is 1. The Morgan fingerprint density at radius 1 is 1.35 bits per heavy atom. The van der Waals surface area contributed by atoms with Gasteiger partial charge in [-0.2, -0.15) is 0 Å². The van der Waals surface area contributed by atoms with Gasteiger partial charge in [0.25, 0.3) is 0 Å². The Labute approximate surface area is 143 Å². The maximum atomic E-state index is 11.4. The Morgan fingerprint density at radius 3 is 2.52 bits per heavy atom. The Balaban J connectivity index is 1.54. The van der Waals surface area contributed by atoms with E-state index in [1.807, 2.05) is 11.0 Å². The Hall–Kier alpha value is -1.26. The molecule has 1 saturated carbocycles. The lowest BCUT2D eigenvalue weighted by Gasteiger charge is -2.24. The van der Waals surface area contributed by atoms with Crippen LogP contribution in [0, 0.1) is 17.8 Å². The number of amides is 1. The molecular weight excluding hydrogens is 304 g/mol. The van der Waals surface area contributed by atoms with E-state index in [0.717, 1.165) is 50.5 Å². The van der Waals surface area contributed by atoms with E-state index < -0.39 is 0 Å². The fraction of sp³-hybridized carbons (Fsp3) is 0.526. The highest BCUT2D eigenvalue weighted by Crippen LogP contribution is 2.52. The number of hydrogen-bond donors (Lipinski definition) is 0. The Kier molecular flexibility index (Phi) is 5.12. The van der Waals surface area contributed by atoms with Gasteiger partial charge >= 0.3 is 0 Å². The fourth-order valence-electron chi connectivity index (χ4n) is 3.85. The zero-order chi connectivity index (χ0) is 16.4. The van der Waals surface area contributed by atoms with Gasteiger partial charge in [0.2, 0.25) is 5.91 Å². The van der Waals surface area contributed by atoms with Crippen molar-refractivity contribution in [2.24, 2.45) is 17.8 Å². The average molecular weight is 330 g/mol. The Bertz CT molecular complexity index is 559. The minimum Gasteiger partial charge on any atom is -0.342 e. The topological polar surface area (TPSA) is 23.6 Å². The molecule has 23 heavy (non-hydrogen) atoms. The summed E-state index contributed by atoms with van der Waals surface area (Å²) in [5.74, 6) is 2.44. The highest BCUT2D eigenvalue weighted by atomic mass is 32.2. The number of fused-ring (bicyclic) bond motifs is 1. The van der Waals surface area contributed by atoms with E-state index in [4.69, 9.17) is 0 Å². The second kappa shape index (κ2) is 7.10. The van der Waals surface area contributed by atoms with Gasteiger partial charge in [-0.15, -0.1) is 18.3 Å². The highest BCUT2D eigenvalue weighted by Gasteiger charge is 2.56. The van der Waals surface area contributed by atoms with Gasteiger partial charge in [-0.05, 0) is 41.7 Å². The predicted molar refractivity (Wildman–Crippen MR) is 96.4 cm³/mol. The van der Waals surface area contributed by atoms with Crippen molar-refractivity contribution < 1.29 is 4.79 Å². The normalized spacial score (nSPS) is 25.5. The standard InChI is InChI=1S/C19H26N2OS/c1-4-9-20(10-15-5-7-16(23-3)8-6-15)11-17-18-12-21(14(2)22)13-19(17)18/h4-8,17-19H,1,9-13H2,2-3H3/t17?,18-,19+. The van der Waals surface area contributed by atoms with Crippen molar-refractivity contribution in [3.05, 3.63) is 42.5 Å². The molecule has 0 bridgehead atoms. The lowest BCUT2D eigenvalue weighted by molar-refractivity contribution is -0.128. The van der Waals surface area contributed by atoms with E-state index in [1.165, 1.54) is 10.5 Å². The van der Waals surface area contributed by atoms with Crippen LogP contribution in [0.5, 0.6) is 0 Å². The van der Waals surface area contributed by atoms with Crippen LogP contribution in [0.1, 0.15) is 12.5 Å². The van der Waals surface area contributed by atoms with E-state index in [-0.39, 0.29) is 5.91 Å². The third kappa shape index (κ3) is 3.81. The number of benzene rings is 1. The minimum atomic E-state index is 0.229. The monoisotopic (exact) mass is 330 g/mol. The SMILES string of the molecule is C=CCN(Cc1ccc(SC)cc1)CC1[C@H]2CN(C(C)=O)C[C@@H]12. The molecule has 2 fully saturated rings. The van der Waals surface area contributed by atoms with Crippen molar-refractivity contribution in [1.82, 2.24) is 9.80 Å². The lowest BCUT2D eigenvalue weighted by Crippen LogP contribution is -2.32. The van der Waals surface area contributed by atoms with Gasteiger partial charge in [0, 0.05) is 44.5 Å². The number of nitrogens with zero attached hydrogens (tertiary/aromatic N) is 2. The second-order valence-corrected chi connectivity index (χ2v) is 7.63. The first-order chi connectivity index (χ1) is 11.1. The molecule has 0 aromatic heterocycles. The van der Waals surface area contributed by atoms with E-state index in [1.54, 1.807) is 18.7 Å². The van der Waals surface area contributed by atoms with Crippen LogP contribution in [0.3, 0.4) is 0 Å². The van der Waals surface area contributed by atoms with Crippen LogP contribution in [0.25, 0.3) is 0 Å². The summed E-state index contributed by atoms with van der Waals surface area (Å²) >= 11 is 1.78. The molecular formula is C19H26N2OS. The second-order valence-electron chi connectivity index (χ2n) is 6.75. The third-order valence-corrected chi connectivity index (χ3v) is 5.98. The summed E-state index contributed by atoms with van der Waals surface area (Å²) in [4.78, 5) is 17.2. The first-order valence-electron chi connectivity index (χ1n) is 8.34. The molecule has 1 amide bonds. The maximum Gasteiger partial charge on any atom is 0.219 e. The number of carbonyl (C=O) groups excluding carboxylic acids is 1. The van der Waals surface area contributed by atoms with Gasteiger partial charge < -0.3 is 4.90 Å². The molecule has 1 aliphatic heterocycles. The van der Waals surface area contributed by atoms with Crippen LogP contribution >= 0.6 is 11.8 Å². The van der Waals surface area contributed by atoms with Gasteiger partial charge in [0.15, 0.2) is 0 Å². The lowest BCUT2D eigenvalue weighted by atomic mass is 10.2. The van der Waals surface area contributed by atoms with Crippen molar-refractivity contribution in [2.45, 2.75) is 18.4 Å². The molecule has 1 aromatic carbocycles. The van der Waals surface area contributed by atoms with Crippen molar-refractivity contribution in [3.8, 4) is 0 Å². The maximum absolute atomic E-state index is 11.4. The summed E-state index contributed by atoms with van der Waals surface area (Å²) in [5.41, 5.74) is 1.36. The van der Waals surface area contributed by atoms with Crippen molar-refractivity contribution in [3.63, 3.8) is 0 Å². The molecule has 4 heteroatoms. The number of likely N-dealkylation sites (tertiary alicyclic amines) is 1. The molecule has 3 atom stereocenters. The van der Waals surface area contributed by atoms with E-state index in [9.17, 15) is 4.79 Å². The van der Waals surface area contributed by atoms with E-state index in [2.05, 4.69) is 42.0 Å². The van der Waals surface area contributed by atoms with Crippen molar-refractivity contribution in [1.29, 1.82) is 0 Å². The number of rotatable bonds is 7. The first kappa shape index (κ1) is 16.6. The summed E-state index contributed by atoms with van der Waals surface area (Å²) < 4.78 is 0. The van der Waals surface area contributed by atoms with Gasteiger partial charge in [-0.25, -0.2) is 0 Å². The smallest absolute Gasteiger partial charge is 0.219 e. The van der Waals surface area contributed by atoms with Crippen LogP contribution < -0.4 is 0 Å². The van der Waals surface area contributed by atoms with Crippen LogP contribution in [0.15, 0.2) is 41.8 Å². The highest BCUT2D eigenvalue weighted by molar-refractivity contribution is 7.98. The molecule has 3 nitrogen and oxygen atoms in total. The molecule has 1 unspecified atom stereocenters. The molecule has 3 rings (SSSR count). The zero-order valence-electron chi connectivity index (χ0n) is 14.1. The summed E-state index contributed by atoms with van der Waals surface area (Å²) in [6.45, 7) is 10.6. The van der Waals surface area contributed by atoms with Crippen LogP contribution in [-0.4, -0.2) is 48.1 Å². The third-order valence-electron chi connectivity index (χ3n) is 5.24. The average Bonchev–Trinajstić information content (AvgIpc) is 2.97. The van der Waals surface area contributed by atoms with Crippen LogP contribution in [0.2, 0.25) is 0 Å². The molecule has 0 spiro atoms. The summed E-state index contributed by atoms with van der Waals surface area (Å²) in [6, 6.07) is 8.85. The van der Waals surface area contributed by atoms with Gasteiger partial charge in [0.1, 0.15) is 0 Å². The van der Waals surface area contributed by atoms with Gasteiger partial charge in [-0.3, -0.25) is 9.69 Å². The van der Waals surface area contributed by atoms with E-state index >= 15 is 0 Å². The van der Waals surface area contributed by atoms with Crippen molar-refractivity contribution in [2.75, 3.05) is 32.4 Å². The number of hydrogen-bond acceptors (Lipinski definition) is 3. The molecule has 1 aromatic rings. The quantitative estimate of drug-likeness (QED) is 0.567. The molecule has 1 saturated heterocycles. The largest absolute Gasteiger partial charge is 0.342 e. The molecule has 2 aliphatic rings. The first-order valence-corrected chi connectivity index (χ1v) is 9.56. The summed E-state index contributed by atoms with van der Waals surface area (Å²) in [7, 11) is 0. The van der Waals surface area contributed by atoms with Crippen LogP contribution in [0.4, 0.5) is 0 Å².